The molecule has 2 rings (SSSR count). The molecule has 1 N–H and O–H groups in total. The lowest BCUT2D eigenvalue weighted by molar-refractivity contribution is 0.434. The van der Waals surface area contributed by atoms with Crippen LogP contribution in [0, 0.1) is 22.7 Å². The second kappa shape index (κ2) is 7.85. The van der Waals surface area contributed by atoms with Crippen LogP contribution in [0.15, 0.2) is 65.0 Å². The monoisotopic (exact) mass is 317 g/mol. The Kier molecular flexibility index (Phi) is 5.60. The SMILES string of the molecule is CCCN1C(C)=CC(=C(C#N)C#N)C=C1/C=C/c1ccc(O)cc1. The fourth-order valence-electron chi connectivity index (χ4n) is 2.52. The van der Waals surface area contributed by atoms with E-state index in [-0.39, 0.29) is 11.3 Å². The van der Waals surface area contributed by atoms with Gasteiger partial charge in [-0.3, -0.25) is 0 Å². The van der Waals surface area contributed by atoms with Crippen molar-refractivity contribution < 1.29 is 5.11 Å². The number of aromatic hydroxyl groups is 1. The molecular formula is C20H19N3O. The minimum absolute atomic E-state index is 0.112. The Morgan fingerprint density at radius 3 is 2.38 bits per heavy atom. The first-order valence-electron chi connectivity index (χ1n) is 7.78. The number of benzene rings is 1. The summed E-state index contributed by atoms with van der Waals surface area (Å²) in [5.74, 6) is 0.230. The fourth-order valence-corrected chi connectivity index (χ4v) is 2.52. The molecule has 1 aliphatic rings. The van der Waals surface area contributed by atoms with E-state index >= 15 is 0 Å². The van der Waals surface area contributed by atoms with Crippen molar-refractivity contribution in [1.29, 1.82) is 10.5 Å². The van der Waals surface area contributed by atoms with Crippen molar-refractivity contribution >= 4 is 6.08 Å². The van der Waals surface area contributed by atoms with Gasteiger partial charge in [-0.1, -0.05) is 25.1 Å². The molecule has 0 amide bonds. The van der Waals surface area contributed by atoms with Gasteiger partial charge in [-0.15, -0.1) is 0 Å². The van der Waals surface area contributed by atoms with Crippen LogP contribution < -0.4 is 0 Å². The van der Waals surface area contributed by atoms with E-state index in [9.17, 15) is 5.11 Å². The molecule has 0 saturated carbocycles. The van der Waals surface area contributed by atoms with E-state index in [1.807, 2.05) is 55.5 Å². The standard InChI is InChI=1S/C20H19N3O/c1-3-10-23-15(2)11-17(18(13-21)14-22)12-19(23)7-4-16-5-8-20(24)9-6-16/h4-9,11-12,24H,3,10H2,1-2H3/b7-4+. The van der Waals surface area contributed by atoms with Gasteiger partial charge in [-0.2, -0.15) is 10.5 Å². The van der Waals surface area contributed by atoms with Gasteiger partial charge in [0.15, 0.2) is 0 Å². The van der Waals surface area contributed by atoms with Crippen molar-refractivity contribution in [2.24, 2.45) is 0 Å². The molecule has 1 aliphatic heterocycles. The first-order chi connectivity index (χ1) is 11.6. The number of hydrogen-bond acceptors (Lipinski definition) is 4. The van der Waals surface area contributed by atoms with Gasteiger partial charge in [0.25, 0.3) is 0 Å². The van der Waals surface area contributed by atoms with Crippen LogP contribution in [0.4, 0.5) is 0 Å². The lowest BCUT2D eigenvalue weighted by Crippen LogP contribution is -2.23. The zero-order valence-electron chi connectivity index (χ0n) is 13.8. The Bertz CT molecular complexity index is 796. The number of phenolic OH excluding ortho intramolecular Hbond substituents is 1. The van der Waals surface area contributed by atoms with Crippen molar-refractivity contribution in [3.05, 3.63) is 70.6 Å². The summed E-state index contributed by atoms with van der Waals surface area (Å²) in [7, 11) is 0. The van der Waals surface area contributed by atoms with E-state index in [4.69, 9.17) is 10.5 Å². The van der Waals surface area contributed by atoms with Crippen molar-refractivity contribution in [2.75, 3.05) is 6.54 Å². The maximum atomic E-state index is 9.35. The second-order valence-corrected chi connectivity index (χ2v) is 5.49. The molecule has 1 aromatic carbocycles. The van der Waals surface area contributed by atoms with Crippen molar-refractivity contribution in [3.63, 3.8) is 0 Å². The largest absolute Gasteiger partial charge is 0.508 e. The summed E-state index contributed by atoms with van der Waals surface area (Å²) in [6.07, 6.45) is 8.63. The molecule has 0 atom stereocenters. The van der Waals surface area contributed by atoms with Gasteiger partial charge in [0, 0.05) is 23.5 Å². The third kappa shape index (κ3) is 3.94. The summed E-state index contributed by atoms with van der Waals surface area (Å²) in [6.45, 7) is 4.94. The molecular weight excluding hydrogens is 298 g/mol. The molecule has 0 saturated heterocycles. The number of nitriles is 2. The summed E-state index contributed by atoms with van der Waals surface area (Å²) >= 11 is 0. The minimum Gasteiger partial charge on any atom is -0.508 e. The molecule has 0 spiro atoms. The number of allylic oxidation sites excluding steroid dienone is 6. The lowest BCUT2D eigenvalue weighted by atomic mass is 10.0. The van der Waals surface area contributed by atoms with E-state index in [0.717, 1.165) is 29.9 Å². The average molecular weight is 317 g/mol. The van der Waals surface area contributed by atoms with Crippen molar-refractivity contribution in [1.82, 2.24) is 4.90 Å². The smallest absolute Gasteiger partial charge is 0.137 e. The molecule has 120 valence electrons. The van der Waals surface area contributed by atoms with Crippen molar-refractivity contribution in [2.45, 2.75) is 20.3 Å². The molecule has 1 aromatic rings. The molecule has 0 fully saturated rings. The highest BCUT2D eigenvalue weighted by molar-refractivity contribution is 5.59. The quantitative estimate of drug-likeness (QED) is 0.842. The third-order valence-electron chi connectivity index (χ3n) is 3.70. The summed E-state index contributed by atoms with van der Waals surface area (Å²) in [4.78, 5) is 2.16. The fraction of sp³-hybridized carbons (Fsp3) is 0.200. The van der Waals surface area contributed by atoms with Gasteiger partial charge in [0.05, 0.1) is 0 Å². The zero-order valence-corrected chi connectivity index (χ0v) is 13.8. The topological polar surface area (TPSA) is 71.0 Å². The van der Waals surface area contributed by atoms with E-state index in [0.29, 0.717) is 5.57 Å². The average Bonchev–Trinajstić information content (AvgIpc) is 2.58. The predicted molar refractivity (Wildman–Crippen MR) is 94.2 cm³/mol. The highest BCUT2D eigenvalue weighted by Gasteiger charge is 2.16. The third-order valence-corrected chi connectivity index (χ3v) is 3.70. The van der Waals surface area contributed by atoms with E-state index < -0.39 is 0 Å². The Balaban J connectivity index is 2.42. The van der Waals surface area contributed by atoms with Crippen LogP contribution in [0.1, 0.15) is 25.8 Å². The van der Waals surface area contributed by atoms with Gasteiger partial charge in [-0.25, -0.2) is 0 Å². The van der Waals surface area contributed by atoms with E-state index in [2.05, 4.69) is 11.8 Å². The molecule has 4 nitrogen and oxygen atoms in total. The molecule has 0 aliphatic carbocycles. The van der Waals surface area contributed by atoms with Crippen LogP contribution in [-0.4, -0.2) is 16.6 Å². The molecule has 1 heterocycles. The molecule has 4 heteroatoms. The van der Waals surface area contributed by atoms with Gasteiger partial charge < -0.3 is 10.0 Å². The predicted octanol–water partition coefficient (Wildman–Crippen LogP) is 4.26. The maximum Gasteiger partial charge on any atom is 0.137 e. The number of rotatable bonds is 4. The van der Waals surface area contributed by atoms with Gasteiger partial charge in [-0.05, 0) is 49.3 Å². The van der Waals surface area contributed by atoms with E-state index in [1.54, 1.807) is 12.1 Å². The first kappa shape index (κ1) is 17.1. The van der Waals surface area contributed by atoms with Crippen LogP contribution in [0.2, 0.25) is 0 Å². The highest BCUT2D eigenvalue weighted by atomic mass is 16.3. The van der Waals surface area contributed by atoms with Gasteiger partial charge in [0.2, 0.25) is 0 Å². The highest BCUT2D eigenvalue weighted by Crippen LogP contribution is 2.26. The summed E-state index contributed by atoms with van der Waals surface area (Å²) in [5.41, 5.74) is 3.64. The first-order valence-corrected chi connectivity index (χ1v) is 7.78. The van der Waals surface area contributed by atoms with Gasteiger partial charge >= 0.3 is 0 Å². The van der Waals surface area contributed by atoms with Crippen LogP contribution in [-0.2, 0) is 0 Å². The zero-order chi connectivity index (χ0) is 17.5. The molecule has 0 aromatic heterocycles. The summed E-state index contributed by atoms with van der Waals surface area (Å²) in [6, 6.07) is 10.8. The lowest BCUT2D eigenvalue weighted by Gasteiger charge is -2.29. The molecule has 0 bridgehead atoms. The number of phenols is 1. The Morgan fingerprint density at radius 1 is 1.12 bits per heavy atom. The summed E-state index contributed by atoms with van der Waals surface area (Å²) < 4.78 is 0. The normalized spacial score (nSPS) is 14.0. The van der Waals surface area contributed by atoms with Crippen molar-refractivity contribution in [3.8, 4) is 17.9 Å². The Hall–Kier alpha value is -3.24. The minimum atomic E-state index is 0.112. The molecule has 24 heavy (non-hydrogen) atoms. The van der Waals surface area contributed by atoms with Crippen LogP contribution in [0.3, 0.4) is 0 Å². The van der Waals surface area contributed by atoms with Gasteiger partial charge in [0.1, 0.15) is 23.5 Å². The number of hydrogen-bond donors (Lipinski definition) is 1. The molecule has 0 radical (unpaired) electrons. The van der Waals surface area contributed by atoms with Crippen LogP contribution in [0.25, 0.3) is 6.08 Å². The Morgan fingerprint density at radius 2 is 1.79 bits per heavy atom. The second-order valence-electron chi connectivity index (χ2n) is 5.49. The number of nitrogens with zero attached hydrogens (tertiary/aromatic N) is 3. The molecule has 0 unspecified atom stereocenters. The van der Waals surface area contributed by atoms with Crippen LogP contribution >= 0.6 is 0 Å². The summed E-state index contributed by atoms with van der Waals surface area (Å²) in [5, 5.41) is 27.6. The van der Waals surface area contributed by atoms with Crippen LogP contribution in [0.5, 0.6) is 5.75 Å². The maximum absolute atomic E-state index is 9.35. The Labute approximate surface area is 142 Å². The van der Waals surface area contributed by atoms with E-state index in [1.165, 1.54) is 0 Å².